The van der Waals surface area contributed by atoms with E-state index in [2.05, 4.69) is 5.32 Å². The zero-order valence-corrected chi connectivity index (χ0v) is 20.7. The fourth-order valence-electron chi connectivity index (χ4n) is 4.06. The van der Waals surface area contributed by atoms with Crippen LogP contribution >= 0.6 is 11.6 Å². The van der Waals surface area contributed by atoms with Crippen LogP contribution in [-0.4, -0.2) is 36.5 Å². The van der Waals surface area contributed by atoms with Crippen molar-refractivity contribution in [2.24, 2.45) is 0 Å². The van der Waals surface area contributed by atoms with Gasteiger partial charge in [0.15, 0.2) is 0 Å². The zero-order valence-electron chi connectivity index (χ0n) is 20.0. The van der Waals surface area contributed by atoms with Crippen molar-refractivity contribution < 1.29 is 27.5 Å². The maximum atomic E-state index is 13.4. The molecule has 3 aromatic rings. The van der Waals surface area contributed by atoms with Crippen LogP contribution in [0.5, 0.6) is 11.5 Å². The van der Waals surface area contributed by atoms with Gasteiger partial charge < -0.3 is 15.0 Å². The molecule has 0 aliphatic carbocycles. The Morgan fingerprint density at radius 3 is 2.32 bits per heavy atom. The number of anilines is 1. The molecule has 6 nitrogen and oxygen atoms in total. The Bertz CT molecular complexity index is 1250. The zero-order chi connectivity index (χ0) is 26.6. The summed E-state index contributed by atoms with van der Waals surface area (Å²) in [5, 5.41) is 3.30. The minimum absolute atomic E-state index is 0.0582. The second kappa shape index (κ2) is 11.1. The number of rotatable bonds is 8. The maximum absolute atomic E-state index is 13.4. The van der Waals surface area contributed by atoms with Crippen LogP contribution in [0, 0.1) is 0 Å². The summed E-state index contributed by atoms with van der Waals surface area (Å²) >= 11 is 5.90. The number of amides is 3. The molecule has 37 heavy (non-hydrogen) atoms. The molecule has 4 rings (SSSR count). The number of hydrogen-bond donors (Lipinski definition) is 1. The molecule has 0 spiro atoms. The van der Waals surface area contributed by atoms with E-state index in [1.807, 2.05) is 6.92 Å². The van der Waals surface area contributed by atoms with E-state index in [0.29, 0.717) is 34.3 Å². The van der Waals surface area contributed by atoms with Crippen molar-refractivity contribution in [3.63, 3.8) is 0 Å². The highest BCUT2D eigenvalue weighted by molar-refractivity contribution is 6.30. The summed E-state index contributed by atoms with van der Waals surface area (Å²) in [6.45, 7) is 2.25. The Hall–Kier alpha value is -3.72. The number of nitrogens with zero attached hydrogens (tertiary/aromatic N) is 2. The third-order valence-corrected chi connectivity index (χ3v) is 6.10. The first kappa shape index (κ1) is 26.3. The first-order valence-corrected chi connectivity index (χ1v) is 12.1. The highest BCUT2D eigenvalue weighted by Crippen LogP contribution is 2.38. The normalized spacial score (nSPS) is 15.7. The number of ether oxygens (including phenoxy) is 1. The van der Waals surface area contributed by atoms with Gasteiger partial charge in [0.25, 0.3) is 0 Å². The minimum Gasteiger partial charge on any atom is -0.457 e. The average molecular weight is 532 g/mol. The third-order valence-electron chi connectivity index (χ3n) is 5.85. The maximum Gasteiger partial charge on any atom is 0.416 e. The van der Waals surface area contributed by atoms with Crippen molar-refractivity contribution >= 4 is 29.2 Å². The van der Waals surface area contributed by atoms with Gasteiger partial charge in [-0.2, -0.15) is 13.2 Å². The minimum atomic E-state index is -4.52. The number of carbonyl (C=O) groups is 2. The van der Waals surface area contributed by atoms with Gasteiger partial charge in [-0.1, -0.05) is 30.7 Å². The monoisotopic (exact) mass is 531 g/mol. The molecule has 1 saturated heterocycles. The van der Waals surface area contributed by atoms with Crippen LogP contribution in [0.3, 0.4) is 0 Å². The fraction of sp³-hybridized carbons (Fsp3) is 0.259. The summed E-state index contributed by atoms with van der Waals surface area (Å²) in [7, 11) is 0. The molecule has 194 valence electrons. The molecule has 1 aliphatic rings. The molecule has 1 aliphatic heterocycles. The summed E-state index contributed by atoms with van der Waals surface area (Å²) in [6.07, 6.45) is -3.78. The SMILES string of the molecule is CCCNC(=O)CN1CC(c2cccc(C(F)(F)F)c2)N(c2ccc(Oc3ccc(Cl)cc3)cc2)C1=O. The number of halogens is 4. The lowest BCUT2D eigenvalue weighted by atomic mass is 10.0. The molecular formula is C27H25ClF3N3O3. The Kier molecular flexibility index (Phi) is 7.92. The molecule has 0 bridgehead atoms. The molecule has 3 aromatic carbocycles. The van der Waals surface area contributed by atoms with Crippen molar-refractivity contribution in [1.29, 1.82) is 0 Å². The van der Waals surface area contributed by atoms with Crippen LogP contribution in [0.2, 0.25) is 5.02 Å². The van der Waals surface area contributed by atoms with E-state index in [4.69, 9.17) is 16.3 Å². The molecule has 0 saturated carbocycles. The Morgan fingerprint density at radius 1 is 1.05 bits per heavy atom. The van der Waals surface area contributed by atoms with Gasteiger partial charge >= 0.3 is 12.2 Å². The molecule has 3 amide bonds. The second-order valence-electron chi connectivity index (χ2n) is 8.57. The standard InChI is InChI=1S/C27H25ClF3N3O3/c1-2-14-32-25(35)17-33-16-24(18-4-3-5-19(15-18)27(29,30)31)34(26(33)36)21-8-12-23(13-9-21)37-22-10-6-20(28)7-11-22/h3-13,15,24H,2,14,16-17H2,1H3,(H,32,35). The van der Waals surface area contributed by atoms with Gasteiger partial charge in [0.1, 0.15) is 18.0 Å². The van der Waals surface area contributed by atoms with Crippen LogP contribution in [0.1, 0.15) is 30.5 Å². The average Bonchev–Trinajstić information content (AvgIpc) is 3.20. The van der Waals surface area contributed by atoms with E-state index < -0.39 is 23.8 Å². The van der Waals surface area contributed by atoms with Crippen molar-refractivity contribution in [2.45, 2.75) is 25.6 Å². The lowest BCUT2D eigenvalue weighted by molar-refractivity contribution is -0.137. The first-order valence-electron chi connectivity index (χ1n) is 11.7. The summed E-state index contributed by atoms with van der Waals surface area (Å²) in [4.78, 5) is 28.5. The third kappa shape index (κ3) is 6.35. The number of hydrogen-bond acceptors (Lipinski definition) is 3. The van der Waals surface area contributed by atoms with Gasteiger partial charge in [-0.05, 0) is 72.6 Å². The van der Waals surface area contributed by atoms with Gasteiger partial charge in [0.2, 0.25) is 5.91 Å². The number of nitrogens with one attached hydrogen (secondary N) is 1. The molecule has 1 atom stereocenters. The van der Waals surface area contributed by atoms with Crippen LogP contribution in [0.4, 0.5) is 23.7 Å². The van der Waals surface area contributed by atoms with E-state index in [-0.39, 0.29) is 19.0 Å². The molecule has 0 radical (unpaired) electrons. The van der Waals surface area contributed by atoms with E-state index in [9.17, 15) is 22.8 Å². The highest BCUT2D eigenvalue weighted by atomic mass is 35.5. The second-order valence-corrected chi connectivity index (χ2v) is 9.01. The molecular weight excluding hydrogens is 507 g/mol. The fourth-order valence-corrected chi connectivity index (χ4v) is 4.19. The van der Waals surface area contributed by atoms with Crippen LogP contribution in [0.15, 0.2) is 72.8 Å². The topological polar surface area (TPSA) is 61.9 Å². The summed E-state index contributed by atoms with van der Waals surface area (Å²) in [6, 6.07) is 17.2. The Labute approximate surface area is 217 Å². The first-order chi connectivity index (χ1) is 17.7. The van der Waals surface area contributed by atoms with Crippen molar-refractivity contribution in [2.75, 3.05) is 24.5 Å². The van der Waals surface area contributed by atoms with E-state index in [1.165, 1.54) is 15.9 Å². The number of urea groups is 1. The molecule has 1 N–H and O–H groups in total. The predicted octanol–water partition coefficient (Wildman–Crippen LogP) is 6.66. The molecule has 1 fully saturated rings. The molecule has 10 heteroatoms. The highest BCUT2D eigenvalue weighted by Gasteiger charge is 2.41. The molecule has 0 aromatic heterocycles. The quantitative estimate of drug-likeness (QED) is 0.353. The smallest absolute Gasteiger partial charge is 0.416 e. The van der Waals surface area contributed by atoms with Crippen LogP contribution < -0.4 is 15.0 Å². The lowest BCUT2D eigenvalue weighted by Crippen LogP contribution is -2.40. The van der Waals surface area contributed by atoms with Crippen LogP contribution in [0.25, 0.3) is 0 Å². The molecule has 1 unspecified atom stereocenters. The Balaban J connectivity index is 1.62. The summed E-state index contributed by atoms with van der Waals surface area (Å²) < 4.78 is 46.0. The van der Waals surface area contributed by atoms with Gasteiger partial charge in [0, 0.05) is 23.8 Å². The van der Waals surface area contributed by atoms with Gasteiger partial charge in [-0.25, -0.2) is 4.79 Å². The van der Waals surface area contributed by atoms with Crippen molar-refractivity contribution in [3.8, 4) is 11.5 Å². The summed E-state index contributed by atoms with van der Waals surface area (Å²) in [5.41, 5.74) is -0.0169. The van der Waals surface area contributed by atoms with Gasteiger partial charge in [-0.15, -0.1) is 0 Å². The van der Waals surface area contributed by atoms with Crippen molar-refractivity contribution in [3.05, 3.63) is 88.9 Å². The lowest BCUT2D eigenvalue weighted by Gasteiger charge is -2.24. The number of benzene rings is 3. The van der Waals surface area contributed by atoms with E-state index >= 15 is 0 Å². The molecule has 1 heterocycles. The summed E-state index contributed by atoms with van der Waals surface area (Å²) in [5.74, 6) is 0.746. The van der Waals surface area contributed by atoms with Crippen molar-refractivity contribution in [1.82, 2.24) is 10.2 Å². The van der Waals surface area contributed by atoms with E-state index in [0.717, 1.165) is 18.6 Å². The number of carbonyl (C=O) groups excluding carboxylic acids is 2. The predicted molar refractivity (Wildman–Crippen MR) is 135 cm³/mol. The van der Waals surface area contributed by atoms with E-state index in [1.54, 1.807) is 54.6 Å². The van der Waals surface area contributed by atoms with Gasteiger partial charge in [0.05, 0.1) is 11.6 Å². The largest absolute Gasteiger partial charge is 0.457 e. The van der Waals surface area contributed by atoms with Crippen LogP contribution in [-0.2, 0) is 11.0 Å². The number of alkyl halides is 3. The Morgan fingerprint density at radius 2 is 1.70 bits per heavy atom. The van der Waals surface area contributed by atoms with Gasteiger partial charge in [-0.3, -0.25) is 9.69 Å².